The molecule has 4 unspecified atom stereocenters. The Labute approximate surface area is 75.9 Å². The average Bonchev–Trinajstić information content (AvgIpc) is 2.73. The number of hydrogen-bond acceptors (Lipinski definition) is 4. The first-order chi connectivity index (χ1) is 6.38. The SMILES string of the molecule is NC1C2CCOC2C1n1cnnc1. The highest BCUT2D eigenvalue weighted by molar-refractivity contribution is 5.07. The van der Waals surface area contributed by atoms with E-state index >= 15 is 0 Å². The summed E-state index contributed by atoms with van der Waals surface area (Å²) in [5.41, 5.74) is 6.04. The summed E-state index contributed by atoms with van der Waals surface area (Å²) in [6.45, 7) is 0.849. The zero-order valence-electron chi connectivity index (χ0n) is 7.21. The minimum absolute atomic E-state index is 0.212. The number of hydrogen-bond donors (Lipinski definition) is 1. The van der Waals surface area contributed by atoms with Crippen LogP contribution < -0.4 is 5.73 Å². The third kappa shape index (κ3) is 0.883. The van der Waals surface area contributed by atoms with Gasteiger partial charge in [0.15, 0.2) is 0 Å². The van der Waals surface area contributed by atoms with Crippen LogP contribution in [-0.2, 0) is 4.74 Å². The van der Waals surface area contributed by atoms with E-state index < -0.39 is 0 Å². The molecule has 2 N–H and O–H groups in total. The summed E-state index contributed by atoms with van der Waals surface area (Å²) >= 11 is 0. The van der Waals surface area contributed by atoms with Gasteiger partial charge < -0.3 is 15.0 Å². The molecule has 1 saturated heterocycles. The highest BCUT2D eigenvalue weighted by Gasteiger charge is 2.52. The van der Waals surface area contributed by atoms with Crippen LogP contribution in [0, 0.1) is 5.92 Å². The average molecular weight is 180 g/mol. The molecule has 70 valence electrons. The van der Waals surface area contributed by atoms with Gasteiger partial charge >= 0.3 is 0 Å². The van der Waals surface area contributed by atoms with Gasteiger partial charge in [0.2, 0.25) is 0 Å². The minimum Gasteiger partial charge on any atom is -0.376 e. The molecule has 0 spiro atoms. The first-order valence-corrected chi connectivity index (χ1v) is 4.59. The van der Waals surface area contributed by atoms with E-state index in [2.05, 4.69) is 10.2 Å². The normalized spacial score (nSPS) is 42.8. The highest BCUT2D eigenvalue weighted by atomic mass is 16.5. The Hall–Kier alpha value is -0.940. The van der Waals surface area contributed by atoms with Crippen LogP contribution in [0.1, 0.15) is 12.5 Å². The van der Waals surface area contributed by atoms with E-state index in [0.717, 1.165) is 13.0 Å². The fraction of sp³-hybridized carbons (Fsp3) is 0.750. The number of aromatic nitrogens is 3. The number of nitrogens with zero attached hydrogens (tertiary/aromatic N) is 3. The Morgan fingerprint density at radius 2 is 2.15 bits per heavy atom. The van der Waals surface area contributed by atoms with E-state index in [1.54, 1.807) is 12.7 Å². The molecule has 0 amide bonds. The van der Waals surface area contributed by atoms with Crippen molar-refractivity contribution in [1.29, 1.82) is 0 Å². The van der Waals surface area contributed by atoms with Crippen molar-refractivity contribution in [3.05, 3.63) is 12.7 Å². The first kappa shape index (κ1) is 7.46. The van der Waals surface area contributed by atoms with E-state index in [1.165, 1.54) is 0 Å². The third-order valence-corrected chi connectivity index (χ3v) is 3.19. The molecule has 1 aliphatic heterocycles. The Morgan fingerprint density at radius 1 is 1.38 bits per heavy atom. The van der Waals surface area contributed by atoms with Crippen LogP contribution in [0.15, 0.2) is 12.7 Å². The molecule has 1 aromatic heterocycles. The number of rotatable bonds is 1. The Bertz CT molecular complexity index is 299. The van der Waals surface area contributed by atoms with Crippen LogP contribution in [0.2, 0.25) is 0 Å². The van der Waals surface area contributed by atoms with Crippen LogP contribution >= 0.6 is 0 Å². The Morgan fingerprint density at radius 3 is 2.92 bits per heavy atom. The summed E-state index contributed by atoms with van der Waals surface area (Å²) in [7, 11) is 0. The summed E-state index contributed by atoms with van der Waals surface area (Å²) in [5.74, 6) is 0.549. The molecule has 1 saturated carbocycles. The zero-order chi connectivity index (χ0) is 8.84. The van der Waals surface area contributed by atoms with E-state index in [-0.39, 0.29) is 12.1 Å². The van der Waals surface area contributed by atoms with Crippen LogP contribution in [0.3, 0.4) is 0 Å². The summed E-state index contributed by atoms with van der Waals surface area (Å²) in [5, 5.41) is 7.55. The lowest BCUT2D eigenvalue weighted by atomic mass is 9.72. The van der Waals surface area contributed by atoms with E-state index in [0.29, 0.717) is 12.0 Å². The molecular formula is C8H12N4O. The number of nitrogens with two attached hydrogens (primary N) is 1. The van der Waals surface area contributed by atoms with Crippen LogP contribution in [0.4, 0.5) is 0 Å². The van der Waals surface area contributed by atoms with Gasteiger partial charge in [-0.15, -0.1) is 10.2 Å². The van der Waals surface area contributed by atoms with Crippen molar-refractivity contribution in [2.24, 2.45) is 11.7 Å². The minimum atomic E-state index is 0.212. The lowest BCUT2D eigenvalue weighted by Gasteiger charge is -2.45. The van der Waals surface area contributed by atoms with E-state index in [9.17, 15) is 0 Å². The van der Waals surface area contributed by atoms with Crippen molar-refractivity contribution in [1.82, 2.24) is 14.8 Å². The topological polar surface area (TPSA) is 66.0 Å². The maximum Gasteiger partial charge on any atom is 0.119 e. The fourth-order valence-electron chi connectivity index (χ4n) is 2.45. The van der Waals surface area contributed by atoms with Gasteiger partial charge in [-0.2, -0.15) is 0 Å². The van der Waals surface area contributed by atoms with Crippen LogP contribution in [0.5, 0.6) is 0 Å². The first-order valence-electron chi connectivity index (χ1n) is 4.59. The van der Waals surface area contributed by atoms with Crippen LogP contribution in [0.25, 0.3) is 0 Å². The maximum atomic E-state index is 6.04. The van der Waals surface area contributed by atoms with Gasteiger partial charge in [-0.3, -0.25) is 0 Å². The molecule has 5 nitrogen and oxygen atoms in total. The van der Waals surface area contributed by atoms with Gasteiger partial charge in [0, 0.05) is 18.6 Å². The number of fused-ring (bicyclic) bond motifs is 1. The van der Waals surface area contributed by atoms with Crippen molar-refractivity contribution < 1.29 is 4.74 Å². The molecule has 2 aliphatic rings. The predicted molar refractivity (Wildman–Crippen MR) is 44.9 cm³/mol. The van der Waals surface area contributed by atoms with Crippen molar-refractivity contribution >= 4 is 0 Å². The lowest BCUT2D eigenvalue weighted by Crippen LogP contribution is -2.58. The Kier molecular flexibility index (Phi) is 1.45. The molecule has 3 rings (SSSR count). The van der Waals surface area contributed by atoms with Gasteiger partial charge in [-0.1, -0.05) is 0 Å². The molecule has 4 atom stereocenters. The molecule has 13 heavy (non-hydrogen) atoms. The van der Waals surface area contributed by atoms with Crippen LogP contribution in [-0.4, -0.2) is 33.5 Å². The van der Waals surface area contributed by atoms with Gasteiger partial charge in [-0.05, 0) is 6.42 Å². The zero-order valence-corrected chi connectivity index (χ0v) is 7.21. The summed E-state index contributed by atoms with van der Waals surface area (Å²) in [4.78, 5) is 0. The molecule has 5 heteroatoms. The smallest absolute Gasteiger partial charge is 0.119 e. The Balaban J connectivity index is 1.86. The predicted octanol–water partition coefficient (Wildman–Crippen LogP) is -0.435. The molecule has 2 heterocycles. The molecule has 2 fully saturated rings. The summed E-state index contributed by atoms with van der Waals surface area (Å²) in [6.07, 6.45) is 4.82. The molecule has 1 aliphatic carbocycles. The largest absolute Gasteiger partial charge is 0.376 e. The van der Waals surface area contributed by atoms with Crippen molar-refractivity contribution in [3.8, 4) is 0 Å². The van der Waals surface area contributed by atoms with E-state index in [1.807, 2.05) is 4.57 Å². The number of ether oxygens (including phenoxy) is 1. The van der Waals surface area contributed by atoms with E-state index in [4.69, 9.17) is 10.5 Å². The second kappa shape index (κ2) is 2.52. The van der Waals surface area contributed by atoms with Crippen molar-refractivity contribution in [2.45, 2.75) is 24.6 Å². The molecule has 0 aromatic carbocycles. The van der Waals surface area contributed by atoms with Gasteiger partial charge in [-0.25, -0.2) is 0 Å². The lowest BCUT2D eigenvalue weighted by molar-refractivity contribution is -0.0355. The highest BCUT2D eigenvalue weighted by Crippen LogP contribution is 2.44. The van der Waals surface area contributed by atoms with Gasteiger partial charge in [0.1, 0.15) is 12.7 Å². The third-order valence-electron chi connectivity index (χ3n) is 3.19. The second-order valence-electron chi connectivity index (χ2n) is 3.76. The maximum absolute atomic E-state index is 6.04. The van der Waals surface area contributed by atoms with Gasteiger partial charge in [0.05, 0.1) is 12.1 Å². The van der Waals surface area contributed by atoms with Crippen molar-refractivity contribution in [3.63, 3.8) is 0 Å². The molecule has 0 radical (unpaired) electrons. The molecule has 1 aromatic rings. The van der Waals surface area contributed by atoms with Crippen molar-refractivity contribution in [2.75, 3.05) is 6.61 Å². The quantitative estimate of drug-likeness (QED) is 0.636. The molecular weight excluding hydrogens is 168 g/mol. The monoisotopic (exact) mass is 180 g/mol. The second-order valence-corrected chi connectivity index (χ2v) is 3.76. The summed E-state index contributed by atoms with van der Waals surface area (Å²) in [6, 6.07) is 0.464. The van der Waals surface area contributed by atoms with Gasteiger partial charge in [0.25, 0.3) is 0 Å². The molecule has 0 bridgehead atoms. The standard InChI is InChI=1S/C8H12N4O/c9-6-5-1-2-13-8(5)7(6)12-3-10-11-4-12/h3-8H,1-2,9H2. The summed E-state index contributed by atoms with van der Waals surface area (Å²) < 4.78 is 7.56. The fourth-order valence-corrected chi connectivity index (χ4v) is 2.45.